The van der Waals surface area contributed by atoms with Crippen LogP contribution in [0.3, 0.4) is 0 Å². The molecular formula is C15H21NO4S. The lowest BCUT2D eigenvalue weighted by Crippen LogP contribution is -2.35. The van der Waals surface area contributed by atoms with E-state index in [1.165, 1.54) is 0 Å². The number of nitrogens with one attached hydrogen (secondary N) is 1. The standard InChI is InChI=1S/C15H21NO4S/c1-15(18,13-5-3-2-4-6-13)8-9-16-14(17)12-7-10-21(19,20)11-12/h2-6,12,18H,7-11H2,1H3,(H,16,17)/t12-,15+/m0/s1. The fraction of sp³-hybridized carbons (Fsp3) is 0.533. The van der Waals surface area contributed by atoms with Gasteiger partial charge in [-0.2, -0.15) is 0 Å². The molecular weight excluding hydrogens is 290 g/mol. The zero-order valence-electron chi connectivity index (χ0n) is 12.1. The minimum Gasteiger partial charge on any atom is -0.385 e. The number of aliphatic hydroxyl groups is 1. The van der Waals surface area contributed by atoms with Crippen LogP contribution in [-0.2, 0) is 20.2 Å². The van der Waals surface area contributed by atoms with Gasteiger partial charge in [0.2, 0.25) is 5.91 Å². The first kappa shape index (κ1) is 16.0. The molecule has 5 nitrogen and oxygen atoms in total. The number of sulfone groups is 1. The molecule has 116 valence electrons. The SMILES string of the molecule is C[C@@](O)(CCNC(=O)[C@H]1CCS(=O)(=O)C1)c1ccccc1. The zero-order chi connectivity index (χ0) is 15.5. The number of hydrogen-bond acceptors (Lipinski definition) is 4. The van der Waals surface area contributed by atoms with Crippen LogP contribution in [0, 0.1) is 5.92 Å². The maximum absolute atomic E-state index is 11.9. The minimum absolute atomic E-state index is 0.0616. The zero-order valence-corrected chi connectivity index (χ0v) is 12.9. The van der Waals surface area contributed by atoms with Crippen molar-refractivity contribution in [3.63, 3.8) is 0 Å². The number of rotatable bonds is 5. The third kappa shape index (κ3) is 4.28. The van der Waals surface area contributed by atoms with Crippen molar-refractivity contribution < 1.29 is 18.3 Å². The molecule has 1 saturated heterocycles. The van der Waals surface area contributed by atoms with Gasteiger partial charge < -0.3 is 10.4 Å². The van der Waals surface area contributed by atoms with Gasteiger partial charge in [-0.1, -0.05) is 30.3 Å². The van der Waals surface area contributed by atoms with Gasteiger partial charge >= 0.3 is 0 Å². The van der Waals surface area contributed by atoms with E-state index >= 15 is 0 Å². The second kappa shape index (κ2) is 6.15. The second-order valence-corrected chi connectivity index (χ2v) is 8.01. The Labute approximate surface area is 125 Å². The van der Waals surface area contributed by atoms with Gasteiger partial charge in [-0.25, -0.2) is 8.42 Å². The van der Waals surface area contributed by atoms with Crippen LogP contribution < -0.4 is 5.32 Å². The molecule has 0 radical (unpaired) electrons. The Morgan fingerprint density at radius 2 is 2.05 bits per heavy atom. The highest BCUT2D eigenvalue weighted by Crippen LogP contribution is 2.24. The number of amides is 1. The summed E-state index contributed by atoms with van der Waals surface area (Å²) >= 11 is 0. The highest BCUT2D eigenvalue weighted by molar-refractivity contribution is 7.91. The summed E-state index contributed by atoms with van der Waals surface area (Å²) in [7, 11) is -3.05. The van der Waals surface area contributed by atoms with Gasteiger partial charge in [-0.15, -0.1) is 0 Å². The Kier molecular flexibility index (Phi) is 4.68. The van der Waals surface area contributed by atoms with E-state index in [0.29, 0.717) is 19.4 Å². The smallest absolute Gasteiger partial charge is 0.224 e. The van der Waals surface area contributed by atoms with Gasteiger partial charge in [0, 0.05) is 6.54 Å². The molecule has 0 saturated carbocycles. The van der Waals surface area contributed by atoms with E-state index in [2.05, 4.69) is 5.32 Å². The average molecular weight is 311 g/mol. The quantitative estimate of drug-likeness (QED) is 0.844. The first-order valence-electron chi connectivity index (χ1n) is 7.06. The summed E-state index contributed by atoms with van der Waals surface area (Å²) < 4.78 is 22.7. The monoisotopic (exact) mass is 311 g/mol. The summed E-state index contributed by atoms with van der Waals surface area (Å²) in [5.74, 6) is -0.655. The van der Waals surface area contributed by atoms with Gasteiger partial charge in [0.25, 0.3) is 0 Å². The van der Waals surface area contributed by atoms with Crippen molar-refractivity contribution in [2.45, 2.75) is 25.4 Å². The van der Waals surface area contributed by atoms with Gasteiger partial charge in [-0.3, -0.25) is 4.79 Å². The summed E-state index contributed by atoms with van der Waals surface area (Å²) in [5, 5.41) is 13.1. The van der Waals surface area contributed by atoms with E-state index < -0.39 is 21.4 Å². The highest BCUT2D eigenvalue weighted by Gasteiger charge is 2.33. The number of carbonyl (C=O) groups excluding carboxylic acids is 1. The highest BCUT2D eigenvalue weighted by atomic mass is 32.2. The predicted molar refractivity (Wildman–Crippen MR) is 80.4 cm³/mol. The Balaban J connectivity index is 1.83. The lowest BCUT2D eigenvalue weighted by atomic mass is 9.92. The Morgan fingerprint density at radius 3 is 2.62 bits per heavy atom. The van der Waals surface area contributed by atoms with Gasteiger partial charge in [0.1, 0.15) is 0 Å². The van der Waals surface area contributed by atoms with Crippen molar-refractivity contribution in [3.8, 4) is 0 Å². The maximum atomic E-state index is 11.9. The third-order valence-corrected chi connectivity index (χ3v) is 5.68. The van der Waals surface area contributed by atoms with Crippen molar-refractivity contribution in [3.05, 3.63) is 35.9 Å². The molecule has 1 aliphatic heterocycles. The van der Waals surface area contributed by atoms with Crippen LogP contribution in [0.4, 0.5) is 0 Å². The summed E-state index contributed by atoms with van der Waals surface area (Å²) in [6.07, 6.45) is 0.769. The third-order valence-electron chi connectivity index (χ3n) is 3.91. The molecule has 0 aliphatic carbocycles. The van der Waals surface area contributed by atoms with Crippen molar-refractivity contribution in [1.82, 2.24) is 5.32 Å². The normalized spacial score (nSPS) is 23.4. The Bertz CT molecular complexity index is 595. The van der Waals surface area contributed by atoms with Crippen LogP contribution in [0.5, 0.6) is 0 Å². The van der Waals surface area contributed by atoms with Crippen LogP contribution in [0.15, 0.2) is 30.3 Å². The van der Waals surface area contributed by atoms with Crippen molar-refractivity contribution in [2.24, 2.45) is 5.92 Å². The van der Waals surface area contributed by atoms with Gasteiger partial charge in [0.05, 0.1) is 23.0 Å². The maximum Gasteiger partial charge on any atom is 0.224 e. The second-order valence-electron chi connectivity index (χ2n) is 5.78. The van der Waals surface area contributed by atoms with Crippen LogP contribution in [-0.4, -0.2) is 37.5 Å². The number of benzene rings is 1. The first-order valence-corrected chi connectivity index (χ1v) is 8.88. The van der Waals surface area contributed by atoms with E-state index in [1.807, 2.05) is 30.3 Å². The molecule has 1 aliphatic rings. The molecule has 0 spiro atoms. The molecule has 0 unspecified atom stereocenters. The van der Waals surface area contributed by atoms with Crippen LogP contribution in [0.1, 0.15) is 25.3 Å². The molecule has 0 aromatic heterocycles. The van der Waals surface area contributed by atoms with E-state index in [0.717, 1.165) is 5.56 Å². The number of hydrogen-bond donors (Lipinski definition) is 2. The summed E-state index contributed by atoms with van der Waals surface area (Å²) in [6.45, 7) is 2.02. The topological polar surface area (TPSA) is 83.5 Å². The molecule has 1 heterocycles. The summed E-state index contributed by atoms with van der Waals surface area (Å²) in [5.41, 5.74) is -0.223. The molecule has 1 aromatic carbocycles. The fourth-order valence-electron chi connectivity index (χ4n) is 2.52. The lowest BCUT2D eigenvalue weighted by molar-refractivity contribution is -0.124. The molecule has 1 fully saturated rings. The van der Waals surface area contributed by atoms with E-state index in [1.54, 1.807) is 6.92 Å². The van der Waals surface area contributed by atoms with Crippen molar-refractivity contribution in [1.29, 1.82) is 0 Å². The minimum atomic E-state index is -3.05. The molecule has 2 atom stereocenters. The molecule has 0 bridgehead atoms. The first-order chi connectivity index (χ1) is 9.80. The van der Waals surface area contributed by atoms with Crippen LogP contribution >= 0.6 is 0 Å². The fourth-order valence-corrected chi connectivity index (χ4v) is 4.26. The van der Waals surface area contributed by atoms with Crippen LogP contribution in [0.25, 0.3) is 0 Å². The summed E-state index contributed by atoms with van der Waals surface area (Å²) in [6, 6.07) is 9.26. The summed E-state index contributed by atoms with van der Waals surface area (Å²) in [4.78, 5) is 11.9. The van der Waals surface area contributed by atoms with Crippen LogP contribution in [0.2, 0.25) is 0 Å². The van der Waals surface area contributed by atoms with Gasteiger partial charge in [-0.05, 0) is 25.3 Å². The number of carbonyl (C=O) groups is 1. The molecule has 21 heavy (non-hydrogen) atoms. The van der Waals surface area contributed by atoms with Crippen molar-refractivity contribution >= 4 is 15.7 Å². The average Bonchev–Trinajstić information content (AvgIpc) is 2.80. The van der Waals surface area contributed by atoms with Gasteiger partial charge in [0.15, 0.2) is 9.84 Å². The van der Waals surface area contributed by atoms with E-state index in [-0.39, 0.29) is 17.4 Å². The molecule has 1 aromatic rings. The van der Waals surface area contributed by atoms with E-state index in [9.17, 15) is 18.3 Å². The Hall–Kier alpha value is -1.40. The molecule has 1 amide bonds. The predicted octanol–water partition coefficient (Wildman–Crippen LogP) is 0.835. The van der Waals surface area contributed by atoms with Crippen molar-refractivity contribution in [2.75, 3.05) is 18.1 Å². The molecule has 2 rings (SSSR count). The Morgan fingerprint density at radius 1 is 1.38 bits per heavy atom. The molecule has 6 heteroatoms. The van der Waals surface area contributed by atoms with E-state index in [4.69, 9.17) is 0 Å². The lowest BCUT2D eigenvalue weighted by Gasteiger charge is -2.24. The largest absolute Gasteiger partial charge is 0.385 e. The molecule has 2 N–H and O–H groups in total.